The van der Waals surface area contributed by atoms with Crippen molar-refractivity contribution in [1.29, 1.82) is 0 Å². The van der Waals surface area contributed by atoms with Gasteiger partial charge in [-0.2, -0.15) is 5.10 Å². The SMILES string of the molecule is COc1ccc(Nc2c(-c3ccc4nccnc4c3)c(C)nn2C2CCCCC2)c(C(=O)O)c1. The Morgan fingerprint density at radius 2 is 1.82 bits per heavy atom. The summed E-state index contributed by atoms with van der Waals surface area (Å²) < 4.78 is 7.30. The summed E-state index contributed by atoms with van der Waals surface area (Å²) in [6, 6.07) is 11.3. The molecule has 0 bridgehead atoms. The molecule has 8 nitrogen and oxygen atoms in total. The van der Waals surface area contributed by atoms with E-state index in [0.29, 0.717) is 11.4 Å². The highest BCUT2D eigenvalue weighted by Crippen LogP contribution is 2.40. The minimum Gasteiger partial charge on any atom is -0.497 e. The van der Waals surface area contributed by atoms with Crippen molar-refractivity contribution >= 4 is 28.5 Å². The third-order valence-electron chi connectivity index (χ3n) is 6.47. The van der Waals surface area contributed by atoms with Crippen LogP contribution in [0.25, 0.3) is 22.2 Å². The van der Waals surface area contributed by atoms with Gasteiger partial charge in [-0.3, -0.25) is 9.97 Å². The van der Waals surface area contributed by atoms with Crippen molar-refractivity contribution in [2.24, 2.45) is 0 Å². The zero-order valence-electron chi connectivity index (χ0n) is 19.3. The van der Waals surface area contributed by atoms with Crippen LogP contribution in [0.15, 0.2) is 48.8 Å². The van der Waals surface area contributed by atoms with Crippen LogP contribution in [-0.2, 0) is 0 Å². The number of carbonyl (C=O) groups is 1. The first-order valence-electron chi connectivity index (χ1n) is 11.5. The van der Waals surface area contributed by atoms with Crippen molar-refractivity contribution in [2.75, 3.05) is 12.4 Å². The van der Waals surface area contributed by atoms with Crippen LogP contribution in [0.5, 0.6) is 5.75 Å². The summed E-state index contributed by atoms with van der Waals surface area (Å²) in [7, 11) is 1.52. The second-order valence-electron chi connectivity index (χ2n) is 8.65. The molecule has 0 radical (unpaired) electrons. The van der Waals surface area contributed by atoms with Gasteiger partial charge in [-0.1, -0.05) is 25.3 Å². The van der Waals surface area contributed by atoms with E-state index in [1.54, 1.807) is 24.5 Å². The molecule has 8 heteroatoms. The zero-order valence-corrected chi connectivity index (χ0v) is 19.3. The van der Waals surface area contributed by atoms with Crippen molar-refractivity contribution in [3.05, 3.63) is 60.0 Å². The molecule has 1 aliphatic carbocycles. The van der Waals surface area contributed by atoms with Gasteiger partial charge >= 0.3 is 5.97 Å². The molecular weight excluding hydrogens is 430 g/mol. The summed E-state index contributed by atoms with van der Waals surface area (Å²) in [6.45, 7) is 1.99. The molecule has 0 spiro atoms. The van der Waals surface area contributed by atoms with Crippen LogP contribution in [0.4, 0.5) is 11.5 Å². The van der Waals surface area contributed by atoms with Gasteiger partial charge < -0.3 is 15.2 Å². The fraction of sp³-hybridized carbons (Fsp3) is 0.308. The number of benzene rings is 2. The number of aryl methyl sites for hydroxylation is 1. The Kier molecular flexibility index (Phi) is 5.88. The quantitative estimate of drug-likeness (QED) is 0.380. The molecule has 34 heavy (non-hydrogen) atoms. The van der Waals surface area contributed by atoms with Gasteiger partial charge in [0.1, 0.15) is 11.6 Å². The summed E-state index contributed by atoms with van der Waals surface area (Å²) in [5.41, 5.74) is 5.02. The highest BCUT2D eigenvalue weighted by atomic mass is 16.5. The van der Waals surface area contributed by atoms with Crippen LogP contribution in [0.3, 0.4) is 0 Å². The van der Waals surface area contributed by atoms with E-state index >= 15 is 0 Å². The maximum absolute atomic E-state index is 12.0. The second kappa shape index (κ2) is 9.13. The van der Waals surface area contributed by atoms with Gasteiger partial charge in [0.2, 0.25) is 0 Å². The Morgan fingerprint density at radius 3 is 2.56 bits per heavy atom. The minimum absolute atomic E-state index is 0.142. The maximum Gasteiger partial charge on any atom is 0.337 e. The van der Waals surface area contributed by atoms with E-state index in [1.807, 2.05) is 25.1 Å². The Hall–Kier alpha value is -3.94. The number of methoxy groups -OCH3 is 1. The standard InChI is InChI=1S/C26H27N5O3/c1-16-24(17-8-10-22-23(14-17)28-13-12-27-22)25(31(30-16)18-6-4-3-5-7-18)29-21-11-9-19(34-2)15-20(21)26(32)33/h8-15,18,29H,3-7H2,1-2H3,(H,32,33). The number of aromatic nitrogens is 4. The molecule has 0 atom stereocenters. The van der Waals surface area contributed by atoms with E-state index in [4.69, 9.17) is 9.84 Å². The number of nitrogens with one attached hydrogen (secondary N) is 1. The lowest BCUT2D eigenvalue weighted by Gasteiger charge is -2.25. The summed E-state index contributed by atoms with van der Waals surface area (Å²) in [5.74, 6) is 0.262. The molecule has 0 saturated heterocycles. The smallest absolute Gasteiger partial charge is 0.337 e. The van der Waals surface area contributed by atoms with Crippen LogP contribution in [0, 0.1) is 6.92 Å². The molecule has 2 heterocycles. The van der Waals surface area contributed by atoms with E-state index in [0.717, 1.165) is 59.4 Å². The Bertz CT molecular complexity index is 1360. The molecule has 2 aromatic heterocycles. The van der Waals surface area contributed by atoms with E-state index in [9.17, 15) is 9.90 Å². The molecule has 0 amide bonds. The lowest BCUT2D eigenvalue weighted by Crippen LogP contribution is -2.17. The molecule has 174 valence electrons. The lowest BCUT2D eigenvalue weighted by molar-refractivity contribution is 0.0697. The molecular formula is C26H27N5O3. The lowest BCUT2D eigenvalue weighted by atomic mass is 9.95. The van der Waals surface area contributed by atoms with Crippen molar-refractivity contribution in [3.8, 4) is 16.9 Å². The highest BCUT2D eigenvalue weighted by molar-refractivity contribution is 5.97. The van der Waals surface area contributed by atoms with Crippen molar-refractivity contribution in [3.63, 3.8) is 0 Å². The molecule has 2 N–H and O–H groups in total. The van der Waals surface area contributed by atoms with Gasteiger partial charge in [-0.05, 0) is 55.7 Å². The first-order chi connectivity index (χ1) is 16.5. The fourth-order valence-corrected chi connectivity index (χ4v) is 4.79. The molecule has 1 fully saturated rings. The molecule has 0 unspecified atom stereocenters. The Labute approximate surface area is 197 Å². The van der Waals surface area contributed by atoms with Gasteiger partial charge in [0.15, 0.2) is 0 Å². The predicted octanol–water partition coefficient (Wildman–Crippen LogP) is 5.76. The molecule has 0 aliphatic heterocycles. The van der Waals surface area contributed by atoms with Crippen molar-refractivity contribution in [1.82, 2.24) is 19.7 Å². The third kappa shape index (κ3) is 4.07. The minimum atomic E-state index is -1.02. The predicted molar refractivity (Wildman–Crippen MR) is 131 cm³/mol. The van der Waals surface area contributed by atoms with Crippen LogP contribution >= 0.6 is 0 Å². The van der Waals surface area contributed by atoms with Crippen molar-refractivity contribution < 1.29 is 14.6 Å². The number of anilines is 2. The third-order valence-corrected chi connectivity index (χ3v) is 6.47. The van der Waals surface area contributed by atoms with E-state index in [-0.39, 0.29) is 11.6 Å². The van der Waals surface area contributed by atoms with E-state index < -0.39 is 5.97 Å². The van der Waals surface area contributed by atoms with Gasteiger partial charge in [0, 0.05) is 18.0 Å². The van der Waals surface area contributed by atoms with E-state index in [2.05, 4.69) is 20.0 Å². The fourth-order valence-electron chi connectivity index (χ4n) is 4.79. The maximum atomic E-state index is 12.0. The van der Waals surface area contributed by atoms with Gasteiger partial charge in [-0.15, -0.1) is 0 Å². The average molecular weight is 458 g/mol. The topological polar surface area (TPSA) is 102 Å². The summed E-state index contributed by atoms with van der Waals surface area (Å²) >= 11 is 0. The number of fused-ring (bicyclic) bond motifs is 1. The number of carboxylic acid groups (broad SMARTS) is 1. The van der Waals surface area contributed by atoms with Crippen LogP contribution in [-0.4, -0.2) is 37.9 Å². The largest absolute Gasteiger partial charge is 0.497 e. The number of hydrogen-bond acceptors (Lipinski definition) is 6. The van der Waals surface area contributed by atoms with E-state index in [1.165, 1.54) is 19.6 Å². The Morgan fingerprint density at radius 1 is 1.06 bits per heavy atom. The number of nitrogens with zero attached hydrogens (tertiary/aromatic N) is 4. The molecule has 5 rings (SSSR count). The molecule has 2 aromatic carbocycles. The first-order valence-corrected chi connectivity index (χ1v) is 11.5. The van der Waals surface area contributed by atoms with Crippen LogP contribution < -0.4 is 10.1 Å². The molecule has 4 aromatic rings. The number of carboxylic acids is 1. The van der Waals surface area contributed by atoms with Gasteiger partial charge in [-0.25, -0.2) is 9.48 Å². The summed E-state index contributed by atoms with van der Waals surface area (Å²) in [4.78, 5) is 20.9. The van der Waals surface area contributed by atoms with Gasteiger partial charge in [0.25, 0.3) is 0 Å². The number of hydrogen-bond donors (Lipinski definition) is 2. The second-order valence-corrected chi connectivity index (χ2v) is 8.65. The number of aromatic carboxylic acids is 1. The Balaban J connectivity index is 1.67. The van der Waals surface area contributed by atoms with Crippen LogP contribution in [0.1, 0.15) is 54.2 Å². The highest BCUT2D eigenvalue weighted by Gasteiger charge is 2.25. The molecule has 1 saturated carbocycles. The zero-order chi connectivity index (χ0) is 23.7. The first kappa shape index (κ1) is 21.9. The van der Waals surface area contributed by atoms with Crippen LogP contribution in [0.2, 0.25) is 0 Å². The monoisotopic (exact) mass is 457 g/mol. The van der Waals surface area contributed by atoms with Crippen molar-refractivity contribution in [2.45, 2.75) is 45.1 Å². The van der Waals surface area contributed by atoms with Gasteiger partial charge in [0.05, 0.1) is 41.1 Å². The summed E-state index contributed by atoms with van der Waals surface area (Å²) in [5, 5.41) is 18.2. The molecule has 1 aliphatic rings. The number of rotatable bonds is 6. The normalized spacial score (nSPS) is 14.3. The number of ether oxygens (including phenoxy) is 1. The average Bonchev–Trinajstić information content (AvgIpc) is 3.19. The summed E-state index contributed by atoms with van der Waals surface area (Å²) in [6.07, 6.45) is 9.01.